The van der Waals surface area contributed by atoms with E-state index in [1.54, 1.807) is 12.3 Å². The summed E-state index contributed by atoms with van der Waals surface area (Å²) in [6.45, 7) is 8.07. The van der Waals surface area contributed by atoms with E-state index >= 15 is 0 Å². The summed E-state index contributed by atoms with van der Waals surface area (Å²) < 4.78 is 12.1. The highest BCUT2D eigenvalue weighted by Crippen LogP contribution is 2.52. The maximum Gasteiger partial charge on any atom is 0.407 e. The van der Waals surface area contributed by atoms with Gasteiger partial charge in [0.2, 0.25) is 11.8 Å². The van der Waals surface area contributed by atoms with E-state index in [4.69, 9.17) is 10.5 Å². The molecular weight excluding hydrogens is 438 g/mol. The van der Waals surface area contributed by atoms with Gasteiger partial charge in [-0.25, -0.2) is 9.48 Å². The number of nitrogens with two attached hydrogens (primary N) is 1. The number of hydrogen-bond acceptors (Lipinski definition) is 6. The van der Waals surface area contributed by atoms with Gasteiger partial charge >= 0.3 is 6.09 Å². The molecule has 0 aromatic carbocycles. The van der Waals surface area contributed by atoms with Crippen LogP contribution in [-0.4, -0.2) is 52.5 Å². The molecule has 3 fully saturated rings. The number of fused-ring (bicyclic) bond motifs is 3. The normalized spacial score (nSPS) is 24.3. The van der Waals surface area contributed by atoms with Gasteiger partial charge in [-0.2, -0.15) is 5.10 Å². The minimum absolute atomic E-state index is 0.228. The van der Waals surface area contributed by atoms with Gasteiger partial charge < -0.3 is 25.8 Å². The van der Waals surface area contributed by atoms with Gasteiger partial charge in [-0.15, -0.1) is 0 Å². The lowest BCUT2D eigenvalue weighted by Crippen LogP contribution is -2.59. The van der Waals surface area contributed by atoms with Crippen LogP contribution >= 0.6 is 0 Å². The van der Waals surface area contributed by atoms with Crippen LogP contribution in [0.1, 0.15) is 76.6 Å². The van der Waals surface area contributed by atoms with Gasteiger partial charge in [-0.05, 0) is 64.4 Å². The summed E-state index contributed by atoms with van der Waals surface area (Å²) >= 11 is 0. The van der Waals surface area contributed by atoms with Crippen molar-refractivity contribution in [3.8, 4) is 5.88 Å². The van der Waals surface area contributed by atoms with Crippen molar-refractivity contribution in [3.63, 3.8) is 0 Å². The minimum atomic E-state index is -0.715. The summed E-state index contributed by atoms with van der Waals surface area (Å²) in [5.74, 6) is 0.108. The fraction of sp³-hybridized carbons (Fsp3) is 0.667. The van der Waals surface area contributed by atoms with Crippen LogP contribution in [0.2, 0.25) is 0 Å². The summed E-state index contributed by atoms with van der Waals surface area (Å²) in [6.07, 6.45) is 8.62. The first kappa shape index (κ1) is 25.6. The maximum atomic E-state index is 13.3. The van der Waals surface area contributed by atoms with Crippen molar-refractivity contribution < 1.29 is 23.9 Å². The molecule has 3 aliphatic carbocycles. The molecule has 1 heterocycles. The zero-order chi connectivity index (χ0) is 25.1. The lowest BCUT2D eigenvalue weighted by atomic mass is 9.57. The first-order chi connectivity index (χ1) is 15.9. The third-order valence-electron chi connectivity index (χ3n) is 6.94. The highest BCUT2D eigenvalue weighted by atomic mass is 16.5. The zero-order valence-corrected chi connectivity index (χ0v) is 20.8. The molecule has 3 amide bonds. The van der Waals surface area contributed by atoms with Crippen molar-refractivity contribution >= 4 is 24.1 Å². The largest absolute Gasteiger partial charge is 0.477 e. The first-order valence-corrected chi connectivity index (χ1v) is 11.8. The van der Waals surface area contributed by atoms with E-state index in [0.717, 1.165) is 19.3 Å². The molecule has 0 saturated heterocycles. The maximum absolute atomic E-state index is 13.3. The van der Waals surface area contributed by atoms with Gasteiger partial charge in [0.05, 0.1) is 25.5 Å². The van der Waals surface area contributed by atoms with E-state index in [0.29, 0.717) is 37.3 Å². The Hall–Kier alpha value is -3.04. The molecule has 0 unspecified atom stereocenters. The van der Waals surface area contributed by atoms with Crippen LogP contribution < -0.4 is 21.1 Å². The van der Waals surface area contributed by atoms with Crippen LogP contribution in [0, 0.1) is 11.3 Å². The highest BCUT2D eigenvalue weighted by molar-refractivity contribution is 5.97. The zero-order valence-electron chi connectivity index (χ0n) is 20.8. The Morgan fingerprint density at radius 2 is 1.82 bits per heavy atom. The molecule has 0 aliphatic heterocycles. The molecule has 10 heteroatoms. The van der Waals surface area contributed by atoms with Gasteiger partial charge in [-0.3, -0.25) is 9.59 Å². The number of nitrogens with zero attached hydrogens (tertiary/aromatic N) is 2. The Labute approximate surface area is 200 Å². The molecule has 188 valence electrons. The molecule has 34 heavy (non-hydrogen) atoms. The molecule has 3 saturated carbocycles. The summed E-state index contributed by atoms with van der Waals surface area (Å²) in [6, 6.07) is 0. The second-order valence-electron chi connectivity index (χ2n) is 10.5. The van der Waals surface area contributed by atoms with Gasteiger partial charge in [0.15, 0.2) is 0 Å². The topological polar surface area (TPSA) is 138 Å². The van der Waals surface area contributed by atoms with Crippen LogP contribution in [0.3, 0.4) is 0 Å². The second kappa shape index (κ2) is 9.68. The number of aromatic nitrogens is 2. The molecule has 1 aromatic rings. The standard InChI is InChI=1S/C24H37N5O5/c1-16(2)15-34-19-17(14-26-29(19)13-12-22(3,4)28-21(32)33-5)18(30)27-24-9-6-23(7-10-24,8-11-24)20(25)31/h12-14,16H,6-11,15H2,1-5H3,(H2,25,31)(H,27,30)(H,28,32). The molecule has 0 radical (unpaired) electrons. The molecule has 3 aliphatic rings. The summed E-state index contributed by atoms with van der Waals surface area (Å²) in [5.41, 5.74) is 4.53. The third-order valence-corrected chi connectivity index (χ3v) is 6.94. The van der Waals surface area contributed by atoms with Crippen molar-refractivity contribution in [2.45, 2.75) is 77.3 Å². The van der Waals surface area contributed by atoms with Crippen LogP contribution in [0.5, 0.6) is 5.88 Å². The Morgan fingerprint density at radius 1 is 1.21 bits per heavy atom. The quantitative estimate of drug-likeness (QED) is 0.502. The predicted molar refractivity (Wildman–Crippen MR) is 127 cm³/mol. The van der Waals surface area contributed by atoms with Crippen LogP contribution in [0.4, 0.5) is 4.79 Å². The van der Waals surface area contributed by atoms with Crippen LogP contribution in [0.15, 0.2) is 12.3 Å². The van der Waals surface area contributed by atoms with E-state index in [2.05, 4.69) is 20.5 Å². The third kappa shape index (κ3) is 5.53. The lowest BCUT2D eigenvalue weighted by Gasteiger charge is -2.52. The molecule has 0 atom stereocenters. The smallest absolute Gasteiger partial charge is 0.407 e. The van der Waals surface area contributed by atoms with Crippen molar-refractivity contribution in [2.24, 2.45) is 17.1 Å². The van der Waals surface area contributed by atoms with Crippen LogP contribution in [0.25, 0.3) is 6.20 Å². The Morgan fingerprint density at radius 3 is 2.35 bits per heavy atom. The van der Waals surface area contributed by atoms with E-state index < -0.39 is 17.0 Å². The van der Waals surface area contributed by atoms with E-state index in [1.165, 1.54) is 18.0 Å². The number of primary amides is 1. The minimum Gasteiger partial charge on any atom is -0.477 e. The number of rotatable bonds is 9. The molecular formula is C24H37N5O5. The van der Waals surface area contributed by atoms with Crippen molar-refractivity contribution in [1.29, 1.82) is 0 Å². The number of nitrogens with one attached hydrogen (secondary N) is 2. The lowest BCUT2D eigenvalue weighted by molar-refractivity contribution is -0.134. The number of hydrogen-bond donors (Lipinski definition) is 3. The molecule has 1 aromatic heterocycles. The summed E-state index contributed by atoms with van der Waals surface area (Å²) in [7, 11) is 1.30. The summed E-state index contributed by atoms with van der Waals surface area (Å²) in [4.78, 5) is 36.9. The molecule has 2 bridgehead atoms. The van der Waals surface area contributed by atoms with E-state index in [-0.39, 0.29) is 23.3 Å². The number of carbonyl (C=O) groups is 3. The number of amides is 3. The van der Waals surface area contributed by atoms with Gasteiger partial charge in [0.1, 0.15) is 5.56 Å². The molecule has 0 spiro atoms. The van der Waals surface area contributed by atoms with E-state index in [1.807, 2.05) is 27.7 Å². The number of methoxy groups -OCH3 is 1. The monoisotopic (exact) mass is 475 g/mol. The average molecular weight is 476 g/mol. The van der Waals surface area contributed by atoms with Crippen molar-refractivity contribution in [3.05, 3.63) is 17.8 Å². The molecule has 4 N–H and O–H groups in total. The van der Waals surface area contributed by atoms with Gasteiger partial charge in [-0.1, -0.05) is 13.8 Å². The highest BCUT2D eigenvalue weighted by Gasteiger charge is 2.52. The summed E-state index contributed by atoms with van der Waals surface area (Å²) in [5, 5.41) is 10.3. The Kier molecular flexibility index (Phi) is 7.28. The Balaban J connectivity index is 1.79. The van der Waals surface area contributed by atoms with E-state index in [9.17, 15) is 14.4 Å². The van der Waals surface area contributed by atoms with Crippen molar-refractivity contribution in [2.75, 3.05) is 13.7 Å². The number of alkyl carbamates (subject to hydrolysis) is 1. The first-order valence-electron chi connectivity index (χ1n) is 11.8. The number of carbonyl (C=O) groups excluding carboxylic acids is 3. The fourth-order valence-corrected chi connectivity index (χ4v) is 4.67. The van der Waals surface area contributed by atoms with Crippen LogP contribution in [-0.2, 0) is 9.53 Å². The fourth-order valence-electron chi connectivity index (χ4n) is 4.67. The second-order valence-corrected chi connectivity index (χ2v) is 10.5. The van der Waals surface area contributed by atoms with Gasteiger partial charge in [0.25, 0.3) is 5.91 Å². The average Bonchev–Trinajstić information content (AvgIpc) is 3.20. The Bertz CT molecular complexity index is 940. The van der Waals surface area contributed by atoms with Crippen molar-refractivity contribution in [1.82, 2.24) is 20.4 Å². The van der Waals surface area contributed by atoms with Gasteiger partial charge in [0, 0.05) is 17.2 Å². The number of ether oxygens (including phenoxy) is 2. The SMILES string of the molecule is COC(=O)NC(C)(C)C=Cn1ncc(C(=O)NC23CCC(C(N)=O)(CC2)CC3)c1OCC(C)C. The predicted octanol–water partition coefficient (Wildman–Crippen LogP) is 2.83. The molecule has 4 rings (SSSR count). The molecule has 10 nitrogen and oxygen atoms in total.